The van der Waals surface area contributed by atoms with E-state index < -0.39 is 15.3 Å². The molecule has 2 aromatic rings. The molecular weight excluding hydrogens is 386 g/mol. The lowest BCUT2D eigenvalue weighted by Gasteiger charge is -2.16. The summed E-state index contributed by atoms with van der Waals surface area (Å²) in [7, 11) is -3.52. The zero-order valence-electron chi connectivity index (χ0n) is 11.3. The van der Waals surface area contributed by atoms with Crippen molar-refractivity contribution in [2.45, 2.75) is 10.3 Å². The molecule has 0 N–H and O–H groups in total. The number of nitrogens with zero attached hydrogens (tertiary/aromatic N) is 1. The third-order valence-corrected chi connectivity index (χ3v) is 5.83. The monoisotopic (exact) mass is 397 g/mol. The minimum Gasteiger partial charge on any atom is -0.478 e. The van der Waals surface area contributed by atoms with Crippen molar-refractivity contribution in [1.82, 2.24) is 0 Å². The molecule has 114 valence electrons. The summed E-state index contributed by atoms with van der Waals surface area (Å²) in [5, 5.41) is 10.7. The number of thiocyanates is 1. The molecule has 0 saturated heterocycles. The van der Waals surface area contributed by atoms with Crippen LogP contribution in [-0.2, 0) is 9.84 Å². The van der Waals surface area contributed by atoms with E-state index in [0.29, 0.717) is 5.75 Å². The molecular formula is C15H12BrNO3S2. The molecule has 0 bridgehead atoms. The molecule has 0 aliphatic rings. The molecule has 22 heavy (non-hydrogen) atoms. The standard InChI is InChI=1S/C15H12BrNO3S2/c16-12-6-8-13(9-7-12)20-15(21-11-17)10-22(18,19)14-4-2-1-3-5-14/h1-9,15H,10H2. The van der Waals surface area contributed by atoms with E-state index in [1.165, 1.54) is 12.1 Å². The number of halogens is 1. The summed E-state index contributed by atoms with van der Waals surface area (Å²) in [5.41, 5.74) is -0.795. The molecule has 0 heterocycles. The van der Waals surface area contributed by atoms with E-state index in [2.05, 4.69) is 15.9 Å². The molecule has 0 aromatic heterocycles. The maximum Gasteiger partial charge on any atom is 0.182 e. The molecule has 0 radical (unpaired) electrons. The predicted octanol–water partition coefficient (Wildman–Crippen LogP) is 3.84. The first-order valence-corrected chi connectivity index (χ1v) is 9.58. The van der Waals surface area contributed by atoms with Crippen molar-refractivity contribution >= 4 is 37.5 Å². The highest BCUT2D eigenvalue weighted by Crippen LogP contribution is 2.23. The highest BCUT2D eigenvalue weighted by atomic mass is 79.9. The van der Waals surface area contributed by atoms with Gasteiger partial charge in [-0.2, -0.15) is 5.26 Å². The van der Waals surface area contributed by atoms with Crippen molar-refractivity contribution in [1.29, 1.82) is 5.26 Å². The normalized spacial score (nSPS) is 12.4. The van der Waals surface area contributed by atoms with E-state index in [1.807, 2.05) is 5.40 Å². The summed E-state index contributed by atoms with van der Waals surface area (Å²) in [4.78, 5) is 0.220. The molecule has 2 aromatic carbocycles. The minimum absolute atomic E-state index is 0.220. The molecule has 2 rings (SSSR count). The predicted molar refractivity (Wildman–Crippen MR) is 90.3 cm³/mol. The Labute approximate surface area is 142 Å². The zero-order valence-corrected chi connectivity index (χ0v) is 14.6. The third kappa shape index (κ3) is 4.77. The third-order valence-electron chi connectivity index (χ3n) is 2.72. The van der Waals surface area contributed by atoms with Gasteiger partial charge in [-0.05, 0) is 48.2 Å². The molecule has 1 unspecified atom stereocenters. The topological polar surface area (TPSA) is 67.2 Å². The fraction of sp³-hybridized carbons (Fsp3) is 0.133. The first-order valence-electron chi connectivity index (χ1n) is 6.26. The average Bonchev–Trinajstić information content (AvgIpc) is 2.50. The number of hydrogen-bond donors (Lipinski definition) is 0. The van der Waals surface area contributed by atoms with Gasteiger partial charge in [-0.15, -0.1) is 0 Å². The maximum absolute atomic E-state index is 12.4. The van der Waals surface area contributed by atoms with Gasteiger partial charge >= 0.3 is 0 Å². The van der Waals surface area contributed by atoms with E-state index in [1.54, 1.807) is 42.5 Å². The molecule has 0 aliphatic carbocycles. The molecule has 1 atom stereocenters. The molecule has 0 saturated carbocycles. The number of sulfone groups is 1. The number of hydrogen-bond acceptors (Lipinski definition) is 5. The summed E-state index contributed by atoms with van der Waals surface area (Å²) in [6.45, 7) is 0. The average molecular weight is 398 g/mol. The molecule has 4 nitrogen and oxygen atoms in total. The van der Waals surface area contributed by atoms with Gasteiger partial charge < -0.3 is 4.74 Å². The Kier molecular flexibility index (Phi) is 5.89. The fourth-order valence-electron chi connectivity index (χ4n) is 1.72. The highest BCUT2D eigenvalue weighted by molar-refractivity contribution is 9.10. The quantitative estimate of drug-likeness (QED) is 0.546. The SMILES string of the molecule is N#CSC(CS(=O)(=O)c1ccccc1)Oc1ccc(Br)cc1. The van der Waals surface area contributed by atoms with Crippen LogP contribution < -0.4 is 4.74 Å². The Balaban J connectivity index is 2.15. The van der Waals surface area contributed by atoms with Crippen LogP contribution in [0.3, 0.4) is 0 Å². The Morgan fingerprint density at radius 1 is 1.14 bits per heavy atom. The van der Waals surface area contributed by atoms with Crippen LogP contribution in [0.1, 0.15) is 0 Å². The molecule has 7 heteroatoms. The van der Waals surface area contributed by atoms with E-state index in [-0.39, 0.29) is 10.6 Å². The largest absolute Gasteiger partial charge is 0.478 e. The van der Waals surface area contributed by atoms with Gasteiger partial charge in [-0.1, -0.05) is 34.1 Å². The molecule has 0 fully saturated rings. The summed E-state index contributed by atoms with van der Waals surface area (Å²) in [6, 6.07) is 15.1. The number of nitriles is 1. The van der Waals surface area contributed by atoms with Crippen molar-refractivity contribution < 1.29 is 13.2 Å². The number of benzene rings is 2. The number of rotatable bonds is 6. The van der Waals surface area contributed by atoms with Crippen LogP contribution in [0, 0.1) is 10.7 Å². The second kappa shape index (κ2) is 7.68. The van der Waals surface area contributed by atoms with Crippen molar-refractivity contribution in [3.63, 3.8) is 0 Å². The van der Waals surface area contributed by atoms with Crippen LogP contribution in [0.5, 0.6) is 5.75 Å². The van der Waals surface area contributed by atoms with Crippen molar-refractivity contribution in [2.24, 2.45) is 0 Å². The fourth-order valence-corrected chi connectivity index (χ4v) is 4.26. The van der Waals surface area contributed by atoms with Gasteiger partial charge in [0.2, 0.25) is 0 Å². The van der Waals surface area contributed by atoms with Crippen LogP contribution in [-0.4, -0.2) is 19.6 Å². The van der Waals surface area contributed by atoms with Crippen molar-refractivity contribution in [3.05, 3.63) is 59.1 Å². The number of ether oxygens (including phenoxy) is 1. The Morgan fingerprint density at radius 3 is 2.36 bits per heavy atom. The lowest BCUT2D eigenvalue weighted by atomic mass is 10.3. The van der Waals surface area contributed by atoms with Crippen LogP contribution >= 0.6 is 27.7 Å². The van der Waals surface area contributed by atoms with Crippen LogP contribution in [0.4, 0.5) is 0 Å². The Hall–Kier alpha value is -1.49. The summed E-state index contributed by atoms with van der Waals surface area (Å²) >= 11 is 4.10. The van der Waals surface area contributed by atoms with Gasteiger partial charge in [0, 0.05) is 4.47 Å². The summed E-state index contributed by atoms with van der Waals surface area (Å²) in [6.07, 6.45) is 0. The van der Waals surface area contributed by atoms with Crippen molar-refractivity contribution in [2.75, 3.05) is 5.75 Å². The van der Waals surface area contributed by atoms with E-state index in [0.717, 1.165) is 16.2 Å². The van der Waals surface area contributed by atoms with E-state index in [4.69, 9.17) is 10.00 Å². The lowest BCUT2D eigenvalue weighted by Crippen LogP contribution is -2.23. The maximum atomic E-state index is 12.4. The van der Waals surface area contributed by atoms with Gasteiger partial charge in [-0.25, -0.2) is 8.42 Å². The zero-order chi connectivity index (χ0) is 16.0. The summed E-state index contributed by atoms with van der Waals surface area (Å²) in [5.74, 6) is 0.241. The highest BCUT2D eigenvalue weighted by Gasteiger charge is 2.23. The van der Waals surface area contributed by atoms with Crippen LogP contribution in [0.2, 0.25) is 0 Å². The smallest absolute Gasteiger partial charge is 0.182 e. The van der Waals surface area contributed by atoms with Crippen molar-refractivity contribution in [3.8, 4) is 11.2 Å². The molecule has 0 spiro atoms. The van der Waals surface area contributed by atoms with Crippen LogP contribution in [0.25, 0.3) is 0 Å². The molecule has 0 amide bonds. The second-order valence-corrected chi connectivity index (χ2v) is 8.20. The minimum atomic E-state index is -3.52. The summed E-state index contributed by atoms with van der Waals surface area (Å²) < 4.78 is 31.2. The first-order chi connectivity index (χ1) is 10.5. The number of thioether (sulfide) groups is 1. The van der Waals surface area contributed by atoms with Gasteiger partial charge in [0.1, 0.15) is 16.9 Å². The van der Waals surface area contributed by atoms with Gasteiger partial charge in [0.25, 0.3) is 0 Å². The van der Waals surface area contributed by atoms with Crippen LogP contribution in [0.15, 0.2) is 64.0 Å². The van der Waals surface area contributed by atoms with Gasteiger partial charge in [-0.3, -0.25) is 0 Å². The first kappa shape index (κ1) is 16.9. The van der Waals surface area contributed by atoms with E-state index in [9.17, 15) is 8.42 Å². The lowest BCUT2D eigenvalue weighted by molar-refractivity contribution is 0.310. The Bertz CT molecular complexity index is 756. The van der Waals surface area contributed by atoms with Gasteiger partial charge in [0.15, 0.2) is 15.3 Å². The molecule has 0 aliphatic heterocycles. The second-order valence-electron chi connectivity index (χ2n) is 4.30. The van der Waals surface area contributed by atoms with Gasteiger partial charge in [0.05, 0.1) is 4.90 Å². The van der Waals surface area contributed by atoms with E-state index >= 15 is 0 Å². The Morgan fingerprint density at radius 2 is 1.77 bits per heavy atom.